The van der Waals surface area contributed by atoms with Gasteiger partial charge in [0, 0.05) is 29.9 Å². The average molecular weight is 425 g/mol. The van der Waals surface area contributed by atoms with E-state index in [0.29, 0.717) is 29.8 Å². The van der Waals surface area contributed by atoms with Crippen LogP contribution in [0.1, 0.15) is 44.6 Å². The van der Waals surface area contributed by atoms with Crippen molar-refractivity contribution < 1.29 is 19.5 Å². The van der Waals surface area contributed by atoms with Crippen LogP contribution < -0.4 is 20.7 Å². The molecule has 4 N–H and O–H groups in total. The molecule has 1 aliphatic rings. The lowest BCUT2D eigenvalue weighted by molar-refractivity contribution is -0.123. The third kappa shape index (κ3) is 5.75. The Morgan fingerprint density at radius 2 is 2.03 bits per heavy atom. The number of hydrogen-bond donors (Lipinski definition) is 3. The molecule has 0 spiro atoms. The Hall–Kier alpha value is -3.55. The molecule has 2 aromatic rings. The predicted molar refractivity (Wildman–Crippen MR) is 120 cm³/mol. The van der Waals surface area contributed by atoms with Crippen molar-refractivity contribution in [1.29, 1.82) is 0 Å². The van der Waals surface area contributed by atoms with E-state index in [-0.39, 0.29) is 17.6 Å². The van der Waals surface area contributed by atoms with Crippen LogP contribution in [0.15, 0.2) is 53.7 Å². The van der Waals surface area contributed by atoms with Crippen molar-refractivity contribution in [3.8, 4) is 5.75 Å². The van der Waals surface area contributed by atoms with E-state index in [1.807, 2.05) is 19.1 Å². The lowest BCUT2D eigenvalue weighted by atomic mass is 10.1. The Labute approximate surface area is 181 Å². The number of anilines is 2. The molecule has 0 saturated carbocycles. The number of amides is 2. The molecule has 0 radical (unpaired) electrons. The number of rotatable bonds is 8. The van der Waals surface area contributed by atoms with Crippen LogP contribution in [0.5, 0.6) is 5.75 Å². The van der Waals surface area contributed by atoms with Gasteiger partial charge in [-0.1, -0.05) is 30.6 Å². The average Bonchev–Trinajstić information content (AvgIpc) is 2.79. The van der Waals surface area contributed by atoms with Gasteiger partial charge in [0.15, 0.2) is 11.9 Å². The molecule has 31 heavy (non-hydrogen) atoms. The molecule has 1 saturated heterocycles. The molecular weight excluding hydrogens is 396 g/mol. The number of nitrogens with one attached hydrogen (secondary N) is 1. The maximum Gasteiger partial charge on any atom is 0.265 e. The molecule has 1 fully saturated rings. The Morgan fingerprint density at radius 3 is 2.71 bits per heavy atom. The minimum absolute atomic E-state index is 0.0331. The number of ether oxygens (including phenoxy) is 1. The molecule has 8 heteroatoms. The fourth-order valence-electron chi connectivity index (χ4n) is 3.48. The summed E-state index contributed by atoms with van der Waals surface area (Å²) in [7, 11) is 0. The first-order valence-electron chi connectivity index (χ1n) is 10.5. The second-order valence-electron chi connectivity index (χ2n) is 7.45. The molecule has 0 unspecified atom stereocenters. The van der Waals surface area contributed by atoms with Gasteiger partial charge in [0.1, 0.15) is 5.75 Å². The number of hydrogen-bond acceptors (Lipinski definition) is 5. The largest absolute Gasteiger partial charge is 0.481 e. The van der Waals surface area contributed by atoms with E-state index in [1.165, 1.54) is 0 Å². The van der Waals surface area contributed by atoms with Crippen molar-refractivity contribution >= 4 is 29.0 Å². The monoisotopic (exact) mass is 424 g/mol. The lowest BCUT2D eigenvalue weighted by Crippen LogP contribution is -2.35. The van der Waals surface area contributed by atoms with Crippen molar-refractivity contribution in [1.82, 2.24) is 0 Å². The van der Waals surface area contributed by atoms with Gasteiger partial charge in [-0.15, -0.1) is 0 Å². The van der Waals surface area contributed by atoms with Gasteiger partial charge in [-0.25, -0.2) is 0 Å². The minimum atomic E-state index is -0.698. The second-order valence-corrected chi connectivity index (χ2v) is 7.45. The van der Waals surface area contributed by atoms with E-state index in [1.54, 1.807) is 41.3 Å². The fraction of sp³-hybridized carbons (Fsp3) is 0.348. The third-order valence-corrected chi connectivity index (χ3v) is 5.13. The van der Waals surface area contributed by atoms with Crippen LogP contribution in [0, 0.1) is 0 Å². The Morgan fingerprint density at radius 1 is 1.26 bits per heavy atom. The van der Waals surface area contributed by atoms with Crippen LogP contribution in [0.3, 0.4) is 0 Å². The number of carbonyl (C=O) groups is 2. The highest BCUT2D eigenvalue weighted by molar-refractivity contribution is 5.98. The summed E-state index contributed by atoms with van der Waals surface area (Å²) in [4.78, 5) is 26.7. The number of carbonyl (C=O) groups excluding carboxylic acids is 2. The van der Waals surface area contributed by atoms with E-state index in [9.17, 15) is 9.59 Å². The summed E-state index contributed by atoms with van der Waals surface area (Å²) >= 11 is 0. The highest BCUT2D eigenvalue weighted by Crippen LogP contribution is 2.23. The molecule has 8 nitrogen and oxygen atoms in total. The molecule has 3 rings (SSSR count). The summed E-state index contributed by atoms with van der Waals surface area (Å²) in [5.74, 6) is 0.289. The van der Waals surface area contributed by atoms with Gasteiger partial charge in [-0.05, 0) is 55.7 Å². The van der Waals surface area contributed by atoms with Crippen LogP contribution >= 0.6 is 0 Å². The first-order valence-corrected chi connectivity index (χ1v) is 10.5. The molecule has 1 atom stereocenters. The topological polar surface area (TPSA) is 117 Å². The molecule has 0 aromatic heterocycles. The number of nitrogens with two attached hydrogens (primary N) is 1. The van der Waals surface area contributed by atoms with Gasteiger partial charge in [0.2, 0.25) is 5.91 Å². The van der Waals surface area contributed by atoms with Crippen LogP contribution in [0.2, 0.25) is 0 Å². The van der Waals surface area contributed by atoms with Gasteiger partial charge >= 0.3 is 0 Å². The van der Waals surface area contributed by atoms with Gasteiger partial charge in [0.25, 0.3) is 5.91 Å². The molecular formula is C23H28N4O4. The fourth-order valence-corrected chi connectivity index (χ4v) is 3.48. The Bertz CT molecular complexity index is 943. The minimum Gasteiger partial charge on any atom is -0.481 e. The zero-order chi connectivity index (χ0) is 22.2. The molecule has 0 bridgehead atoms. The van der Waals surface area contributed by atoms with Crippen LogP contribution in [-0.2, 0) is 9.59 Å². The van der Waals surface area contributed by atoms with E-state index >= 15 is 0 Å². The standard InChI is InChI=1S/C23H28N4O4/c1-2-6-20(31-19-8-5-7-16(15-19)22(24)26-30)23(29)25-17-10-12-18(13-11-17)27-14-4-3-9-21(27)28/h5,7-8,10-13,15,20,30H,2-4,6,9,14H2,1H3,(H2,24,26)(H,25,29)/t20-/m0/s1. The van der Waals surface area contributed by atoms with Gasteiger partial charge in [0.05, 0.1) is 0 Å². The Kier molecular flexibility index (Phi) is 7.48. The molecule has 1 heterocycles. The molecule has 0 aliphatic carbocycles. The van der Waals surface area contributed by atoms with E-state index in [0.717, 1.165) is 31.5 Å². The SMILES string of the molecule is CCC[C@H](Oc1cccc(C(N)=NO)c1)C(=O)Nc1ccc(N2CCCCC2=O)cc1. The number of benzene rings is 2. The van der Waals surface area contributed by atoms with Crippen molar-refractivity contribution in [3.63, 3.8) is 0 Å². The highest BCUT2D eigenvalue weighted by atomic mass is 16.5. The van der Waals surface area contributed by atoms with E-state index in [4.69, 9.17) is 15.7 Å². The molecule has 164 valence electrons. The number of oxime groups is 1. The predicted octanol–water partition coefficient (Wildman–Crippen LogP) is 3.48. The van der Waals surface area contributed by atoms with Crippen molar-refractivity contribution in [2.75, 3.05) is 16.8 Å². The second kappa shape index (κ2) is 10.5. The normalized spacial score (nSPS) is 15.5. The summed E-state index contributed by atoms with van der Waals surface area (Å²) in [6.07, 6.45) is 3.09. The summed E-state index contributed by atoms with van der Waals surface area (Å²) < 4.78 is 5.90. The highest BCUT2D eigenvalue weighted by Gasteiger charge is 2.22. The number of piperidine rings is 1. The van der Waals surface area contributed by atoms with Crippen LogP contribution in [0.4, 0.5) is 11.4 Å². The van der Waals surface area contributed by atoms with E-state index in [2.05, 4.69) is 10.5 Å². The quantitative estimate of drug-likeness (QED) is 0.260. The van der Waals surface area contributed by atoms with Gasteiger partial charge < -0.3 is 25.9 Å². The zero-order valence-electron chi connectivity index (χ0n) is 17.6. The summed E-state index contributed by atoms with van der Waals surface area (Å²) in [6, 6.07) is 14.0. The van der Waals surface area contributed by atoms with E-state index < -0.39 is 6.10 Å². The summed E-state index contributed by atoms with van der Waals surface area (Å²) in [5.41, 5.74) is 7.60. The maximum absolute atomic E-state index is 12.8. The van der Waals surface area contributed by atoms with Crippen molar-refractivity contribution in [2.45, 2.75) is 45.1 Å². The van der Waals surface area contributed by atoms with Gasteiger partial charge in [-0.2, -0.15) is 0 Å². The third-order valence-electron chi connectivity index (χ3n) is 5.13. The molecule has 1 aliphatic heterocycles. The first-order chi connectivity index (χ1) is 15.0. The first kappa shape index (κ1) is 22.1. The Balaban J connectivity index is 1.67. The van der Waals surface area contributed by atoms with Crippen molar-refractivity contribution in [2.24, 2.45) is 10.9 Å². The van der Waals surface area contributed by atoms with Crippen LogP contribution in [-0.4, -0.2) is 35.5 Å². The molecule has 2 aromatic carbocycles. The lowest BCUT2D eigenvalue weighted by Gasteiger charge is -2.27. The number of nitrogens with zero attached hydrogens (tertiary/aromatic N) is 2. The summed E-state index contributed by atoms with van der Waals surface area (Å²) in [6.45, 7) is 2.70. The zero-order valence-corrected chi connectivity index (χ0v) is 17.6. The van der Waals surface area contributed by atoms with Gasteiger partial charge in [-0.3, -0.25) is 9.59 Å². The summed E-state index contributed by atoms with van der Waals surface area (Å²) in [5, 5.41) is 14.7. The number of amidine groups is 1. The van der Waals surface area contributed by atoms with Crippen molar-refractivity contribution in [3.05, 3.63) is 54.1 Å². The maximum atomic E-state index is 12.8. The molecule has 2 amide bonds. The smallest absolute Gasteiger partial charge is 0.265 e. The van der Waals surface area contributed by atoms with Crippen LogP contribution in [0.25, 0.3) is 0 Å².